The first-order chi connectivity index (χ1) is 11.5. The fraction of sp³-hybridized carbons (Fsp3) is 0.682. The van der Waals surface area contributed by atoms with E-state index in [0.717, 1.165) is 25.7 Å². The van der Waals surface area contributed by atoms with Gasteiger partial charge in [0.05, 0.1) is 5.92 Å². The van der Waals surface area contributed by atoms with Crippen LogP contribution in [-0.2, 0) is 9.53 Å². The Balaban J connectivity index is 0.00000225. The molecule has 2 unspecified atom stereocenters. The van der Waals surface area contributed by atoms with Crippen molar-refractivity contribution in [2.75, 3.05) is 7.05 Å². The van der Waals surface area contributed by atoms with Crippen LogP contribution in [-0.4, -0.2) is 36.1 Å². The summed E-state index contributed by atoms with van der Waals surface area (Å²) < 4.78 is 5.90. The molecular formula is C22H35NO2. The normalized spacial score (nSPS) is 28.7. The number of ether oxygens (including phenoxy) is 1. The van der Waals surface area contributed by atoms with Crippen molar-refractivity contribution < 1.29 is 9.53 Å². The van der Waals surface area contributed by atoms with Crippen LogP contribution in [0, 0.1) is 12.8 Å². The first-order valence-corrected chi connectivity index (χ1v) is 9.54. The Morgan fingerprint density at radius 1 is 1.20 bits per heavy atom. The summed E-state index contributed by atoms with van der Waals surface area (Å²) in [6.45, 7) is 6.30. The highest BCUT2D eigenvalue weighted by atomic mass is 16.5. The standard InChI is InChI=1S/C21H31NO2.CH4/c1-5-17(6-2)24-21(23)20-18(15-9-7-14(3)8-10-15)13-16-11-12-19(20)22(16)4;/h7-10,16-20H,5-6,11-13H2,1-4H3;1H4/t16-,18-,19?,20?;/m1./s1. The molecule has 2 aliphatic rings. The third kappa shape index (κ3) is 3.92. The van der Waals surface area contributed by atoms with Crippen LogP contribution in [0.5, 0.6) is 0 Å². The van der Waals surface area contributed by atoms with Crippen molar-refractivity contribution in [1.82, 2.24) is 4.90 Å². The number of fused-ring (bicyclic) bond motifs is 2. The van der Waals surface area contributed by atoms with Gasteiger partial charge >= 0.3 is 5.97 Å². The number of carbonyl (C=O) groups is 1. The summed E-state index contributed by atoms with van der Waals surface area (Å²) in [6, 6.07) is 9.69. The van der Waals surface area contributed by atoms with E-state index in [2.05, 4.69) is 57.0 Å². The Labute approximate surface area is 153 Å². The Hall–Kier alpha value is -1.35. The summed E-state index contributed by atoms with van der Waals surface area (Å²) in [7, 11) is 2.19. The number of esters is 1. The molecule has 0 aromatic heterocycles. The van der Waals surface area contributed by atoms with Gasteiger partial charge in [-0.25, -0.2) is 0 Å². The second-order valence-corrected chi connectivity index (χ2v) is 7.62. The largest absolute Gasteiger partial charge is 0.462 e. The van der Waals surface area contributed by atoms with E-state index < -0.39 is 0 Å². The Morgan fingerprint density at radius 3 is 2.44 bits per heavy atom. The van der Waals surface area contributed by atoms with Crippen molar-refractivity contribution in [3.05, 3.63) is 35.4 Å². The minimum absolute atomic E-state index is 0. The smallest absolute Gasteiger partial charge is 0.311 e. The highest BCUT2D eigenvalue weighted by Gasteiger charge is 2.49. The van der Waals surface area contributed by atoms with E-state index in [1.807, 2.05) is 0 Å². The SMILES string of the molecule is C.CCC(CC)OC(=O)C1C2CC[C@H](C[C@@H]1c1ccc(C)cc1)N2C. The average Bonchev–Trinajstić information content (AvgIpc) is 2.83. The Morgan fingerprint density at radius 2 is 1.84 bits per heavy atom. The Bertz CT molecular complexity index is 564. The molecule has 0 saturated carbocycles. The Kier molecular flexibility index (Phi) is 6.67. The molecule has 25 heavy (non-hydrogen) atoms. The van der Waals surface area contributed by atoms with E-state index in [4.69, 9.17) is 4.74 Å². The van der Waals surface area contributed by atoms with Crippen LogP contribution in [0.2, 0.25) is 0 Å². The van der Waals surface area contributed by atoms with Crippen molar-refractivity contribution in [3.8, 4) is 0 Å². The molecule has 2 saturated heterocycles. The summed E-state index contributed by atoms with van der Waals surface area (Å²) in [6.07, 6.45) is 5.24. The maximum atomic E-state index is 13.1. The minimum Gasteiger partial charge on any atom is -0.462 e. The molecule has 3 rings (SSSR count). The van der Waals surface area contributed by atoms with E-state index in [-0.39, 0.29) is 25.4 Å². The van der Waals surface area contributed by atoms with Crippen LogP contribution < -0.4 is 0 Å². The van der Waals surface area contributed by atoms with E-state index >= 15 is 0 Å². The van der Waals surface area contributed by atoms with E-state index in [9.17, 15) is 4.79 Å². The molecule has 140 valence electrons. The molecule has 0 radical (unpaired) electrons. The minimum atomic E-state index is -0.0305. The summed E-state index contributed by atoms with van der Waals surface area (Å²) in [5.41, 5.74) is 2.57. The fourth-order valence-corrected chi connectivity index (χ4v) is 4.64. The molecule has 0 N–H and O–H groups in total. The van der Waals surface area contributed by atoms with Gasteiger partial charge in [0.2, 0.25) is 0 Å². The lowest BCUT2D eigenvalue weighted by Crippen LogP contribution is -2.49. The molecule has 0 spiro atoms. The molecule has 1 aromatic carbocycles. The number of hydrogen-bond acceptors (Lipinski definition) is 3. The number of piperidine rings is 1. The van der Waals surface area contributed by atoms with Gasteiger partial charge in [-0.15, -0.1) is 0 Å². The maximum Gasteiger partial charge on any atom is 0.311 e. The van der Waals surface area contributed by atoms with Gasteiger partial charge in [-0.2, -0.15) is 0 Å². The van der Waals surface area contributed by atoms with Crippen molar-refractivity contribution in [3.63, 3.8) is 0 Å². The summed E-state index contributed by atoms with van der Waals surface area (Å²) >= 11 is 0. The lowest BCUT2D eigenvalue weighted by molar-refractivity contribution is -0.159. The molecule has 2 heterocycles. The van der Waals surface area contributed by atoms with E-state index in [0.29, 0.717) is 18.0 Å². The number of aryl methyl sites for hydroxylation is 1. The zero-order chi connectivity index (χ0) is 17.3. The van der Waals surface area contributed by atoms with Crippen LogP contribution >= 0.6 is 0 Å². The first-order valence-electron chi connectivity index (χ1n) is 9.54. The average molecular weight is 346 g/mol. The molecule has 0 amide bonds. The van der Waals surface area contributed by atoms with Gasteiger partial charge in [-0.1, -0.05) is 51.1 Å². The second kappa shape index (κ2) is 8.35. The van der Waals surface area contributed by atoms with Gasteiger partial charge in [0.15, 0.2) is 0 Å². The zero-order valence-electron chi connectivity index (χ0n) is 15.5. The number of rotatable bonds is 5. The van der Waals surface area contributed by atoms with Crippen molar-refractivity contribution in [2.24, 2.45) is 5.92 Å². The van der Waals surface area contributed by atoms with Crippen molar-refractivity contribution >= 4 is 5.97 Å². The van der Waals surface area contributed by atoms with Gasteiger partial charge in [0.25, 0.3) is 0 Å². The van der Waals surface area contributed by atoms with Crippen LogP contribution in [0.4, 0.5) is 0 Å². The van der Waals surface area contributed by atoms with Crippen LogP contribution in [0.1, 0.15) is 70.4 Å². The topological polar surface area (TPSA) is 29.5 Å². The predicted octanol–water partition coefficient (Wildman–Crippen LogP) is 4.93. The zero-order valence-corrected chi connectivity index (χ0v) is 15.5. The van der Waals surface area contributed by atoms with Crippen LogP contribution in [0.25, 0.3) is 0 Å². The van der Waals surface area contributed by atoms with Gasteiger partial charge in [0, 0.05) is 18.0 Å². The summed E-state index contributed by atoms with van der Waals surface area (Å²) in [5.74, 6) is 0.282. The van der Waals surface area contributed by atoms with Gasteiger partial charge < -0.3 is 4.74 Å². The third-order valence-electron chi connectivity index (χ3n) is 6.24. The molecule has 1 aromatic rings. The van der Waals surface area contributed by atoms with Crippen molar-refractivity contribution in [2.45, 2.75) is 84.4 Å². The third-order valence-corrected chi connectivity index (χ3v) is 6.24. The first kappa shape index (κ1) is 20.0. The van der Waals surface area contributed by atoms with Gasteiger partial charge in [-0.3, -0.25) is 9.69 Å². The number of hydrogen-bond donors (Lipinski definition) is 0. The van der Waals surface area contributed by atoms with Crippen LogP contribution in [0.15, 0.2) is 24.3 Å². The molecule has 3 heteroatoms. The number of nitrogens with zero attached hydrogens (tertiary/aromatic N) is 1. The quantitative estimate of drug-likeness (QED) is 0.709. The molecule has 2 fully saturated rings. The summed E-state index contributed by atoms with van der Waals surface area (Å²) in [5, 5.41) is 0. The fourth-order valence-electron chi connectivity index (χ4n) is 4.64. The highest BCUT2D eigenvalue weighted by Crippen LogP contribution is 2.46. The van der Waals surface area contributed by atoms with Gasteiger partial charge in [0.1, 0.15) is 6.10 Å². The molecule has 0 aliphatic carbocycles. The van der Waals surface area contributed by atoms with E-state index in [1.54, 1.807) is 0 Å². The maximum absolute atomic E-state index is 13.1. The van der Waals surface area contributed by atoms with Crippen LogP contribution in [0.3, 0.4) is 0 Å². The molecular weight excluding hydrogens is 310 g/mol. The molecule has 2 aliphatic heterocycles. The monoisotopic (exact) mass is 345 g/mol. The second-order valence-electron chi connectivity index (χ2n) is 7.62. The number of carbonyl (C=O) groups excluding carboxylic acids is 1. The lowest BCUT2D eigenvalue weighted by atomic mass is 9.76. The molecule has 3 nitrogen and oxygen atoms in total. The molecule has 4 atom stereocenters. The highest BCUT2D eigenvalue weighted by molar-refractivity contribution is 5.75. The van der Waals surface area contributed by atoms with E-state index in [1.165, 1.54) is 17.5 Å². The lowest BCUT2D eigenvalue weighted by Gasteiger charge is -2.42. The number of benzene rings is 1. The van der Waals surface area contributed by atoms with Crippen molar-refractivity contribution in [1.29, 1.82) is 0 Å². The molecule has 2 bridgehead atoms. The predicted molar refractivity (Wildman–Crippen MR) is 104 cm³/mol. The van der Waals surface area contributed by atoms with Gasteiger partial charge in [-0.05, 0) is 51.6 Å². The summed E-state index contributed by atoms with van der Waals surface area (Å²) in [4.78, 5) is 15.5.